The molecule has 3 nitrogen and oxygen atoms in total. The van der Waals surface area contributed by atoms with Crippen LogP contribution in [0.4, 0.5) is 0 Å². The van der Waals surface area contributed by atoms with E-state index >= 15 is 0 Å². The van der Waals surface area contributed by atoms with E-state index in [2.05, 4.69) is 0 Å². The predicted molar refractivity (Wildman–Crippen MR) is 64.7 cm³/mol. The van der Waals surface area contributed by atoms with Crippen LogP contribution in [-0.4, -0.2) is 19.7 Å². The molecule has 2 rings (SSSR count). The predicted octanol–water partition coefficient (Wildman–Crippen LogP) is 1.48. The average Bonchev–Trinajstić information content (AvgIpc) is 2.66. The second-order valence-electron chi connectivity index (χ2n) is 4.49. The van der Waals surface area contributed by atoms with E-state index < -0.39 is 9.84 Å². The molecule has 2 unspecified atom stereocenters. The van der Waals surface area contributed by atoms with Crippen molar-refractivity contribution in [3.8, 4) is 0 Å². The molecule has 2 atom stereocenters. The number of benzene rings is 1. The van der Waals surface area contributed by atoms with Crippen molar-refractivity contribution in [2.75, 3.05) is 0 Å². The highest BCUT2D eigenvalue weighted by Gasteiger charge is 2.32. The maximum absolute atomic E-state index is 12.1. The van der Waals surface area contributed by atoms with E-state index in [1.807, 2.05) is 30.3 Å². The van der Waals surface area contributed by atoms with Crippen LogP contribution >= 0.6 is 0 Å². The minimum atomic E-state index is -3.03. The third-order valence-electron chi connectivity index (χ3n) is 3.14. The molecule has 16 heavy (non-hydrogen) atoms. The zero-order chi connectivity index (χ0) is 11.6. The highest BCUT2D eigenvalue weighted by atomic mass is 32.2. The maximum Gasteiger partial charge on any atom is 0.157 e. The minimum absolute atomic E-state index is 0.0653. The maximum atomic E-state index is 12.1. The summed E-state index contributed by atoms with van der Waals surface area (Å²) in [5.41, 5.74) is 6.61. The Morgan fingerprint density at radius 1 is 1.19 bits per heavy atom. The molecule has 1 aromatic rings. The topological polar surface area (TPSA) is 60.2 Å². The summed E-state index contributed by atoms with van der Waals surface area (Å²) in [7, 11) is -3.03. The lowest BCUT2D eigenvalue weighted by Crippen LogP contribution is -2.23. The first-order chi connectivity index (χ1) is 7.58. The van der Waals surface area contributed by atoms with Crippen molar-refractivity contribution < 1.29 is 8.42 Å². The second-order valence-corrected chi connectivity index (χ2v) is 6.77. The molecule has 0 saturated heterocycles. The Balaban J connectivity index is 2.09. The summed E-state index contributed by atoms with van der Waals surface area (Å²) >= 11 is 0. The third kappa shape index (κ3) is 2.62. The van der Waals surface area contributed by atoms with Gasteiger partial charge < -0.3 is 5.73 Å². The van der Waals surface area contributed by atoms with Gasteiger partial charge in [-0.1, -0.05) is 30.3 Å². The largest absolute Gasteiger partial charge is 0.328 e. The molecule has 1 fully saturated rings. The van der Waals surface area contributed by atoms with Gasteiger partial charge in [0, 0.05) is 6.04 Å². The Labute approximate surface area is 96.6 Å². The van der Waals surface area contributed by atoms with Crippen molar-refractivity contribution in [3.63, 3.8) is 0 Å². The Morgan fingerprint density at radius 2 is 1.88 bits per heavy atom. The van der Waals surface area contributed by atoms with Crippen LogP contribution in [-0.2, 0) is 15.6 Å². The first-order valence-corrected chi connectivity index (χ1v) is 7.30. The SMILES string of the molecule is NC1CCC(S(=O)(=O)Cc2ccccc2)C1. The zero-order valence-corrected chi connectivity index (χ0v) is 9.99. The summed E-state index contributed by atoms with van der Waals surface area (Å²) in [4.78, 5) is 0. The fourth-order valence-corrected chi connectivity index (χ4v) is 4.15. The molecule has 0 aliphatic heterocycles. The third-order valence-corrected chi connectivity index (χ3v) is 5.32. The fraction of sp³-hybridized carbons (Fsp3) is 0.500. The van der Waals surface area contributed by atoms with Crippen molar-refractivity contribution in [2.24, 2.45) is 5.73 Å². The molecule has 1 aliphatic carbocycles. The summed E-state index contributed by atoms with van der Waals surface area (Å²) < 4.78 is 24.2. The van der Waals surface area contributed by atoms with Gasteiger partial charge >= 0.3 is 0 Å². The first kappa shape index (κ1) is 11.6. The molecule has 0 amide bonds. The Hall–Kier alpha value is -0.870. The van der Waals surface area contributed by atoms with E-state index in [1.165, 1.54) is 0 Å². The molecule has 88 valence electrons. The molecular weight excluding hydrogens is 222 g/mol. The Morgan fingerprint density at radius 3 is 2.44 bits per heavy atom. The lowest BCUT2D eigenvalue weighted by atomic mass is 10.2. The van der Waals surface area contributed by atoms with Crippen LogP contribution in [0.5, 0.6) is 0 Å². The molecule has 0 radical (unpaired) electrons. The number of sulfone groups is 1. The van der Waals surface area contributed by atoms with Crippen LogP contribution in [0, 0.1) is 0 Å². The molecule has 0 spiro atoms. The molecule has 4 heteroatoms. The summed E-state index contributed by atoms with van der Waals surface area (Å²) in [6.45, 7) is 0. The van der Waals surface area contributed by atoms with Crippen molar-refractivity contribution in [3.05, 3.63) is 35.9 Å². The van der Waals surface area contributed by atoms with E-state index in [0.717, 1.165) is 18.4 Å². The molecule has 2 N–H and O–H groups in total. The smallest absolute Gasteiger partial charge is 0.157 e. The van der Waals surface area contributed by atoms with Crippen LogP contribution in [0.3, 0.4) is 0 Å². The first-order valence-electron chi connectivity index (χ1n) is 5.59. The van der Waals surface area contributed by atoms with E-state index in [4.69, 9.17) is 5.73 Å². The van der Waals surface area contributed by atoms with E-state index in [-0.39, 0.29) is 17.0 Å². The fourth-order valence-electron chi connectivity index (χ4n) is 2.22. The zero-order valence-electron chi connectivity index (χ0n) is 9.17. The van der Waals surface area contributed by atoms with Gasteiger partial charge in [0.2, 0.25) is 0 Å². The van der Waals surface area contributed by atoms with E-state index in [9.17, 15) is 8.42 Å². The van der Waals surface area contributed by atoms with Gasteiger partial charge in [-0.15, -0.1) is 0 Å². The van der Waals surface area contributed by atoms with Crippen LogP contribution in [0.15, 0.2) is 30.3 Å². The molecule has 1 saturated carbocycles. The minimum Gasteiger partial charge on any atom is -0.328 e. The number of nitrogens with two attached hydrogens (primary N) is 1. The molecule has 0 heterocycles. The molecule has 0 aromatic heterocycles. The molecule has 1 aliphatic rings. The highest BCUT2D eigenvalue weighted by Crippen LogP contribution is 2.26. The molecule has 0 bridgehead atoms. The van der Waals surface area contributed by atoms with Gasteiger partial charge in [-0.2, -0.15) is 0 Å². The van der Waals surface area contributed by atoms with Gasteiger partial charge in [0.15, 0.2) is 9.84 Å². The average molecular weight is 239 g/mol. The van der Waals surface area contributed by atoms with Gasteiger partial charge in [0.05, 0.1) is 11.0 Å². The van der Waals surface area contributed by atoms with Crippen molar-refractivity contribution >= 4 is 9.84 Å². The van der Waals surface area contributed by atoms with Crippen molar-refractivity contribution in [1.29, 1.82) is 0 Å². The normalized spacial score (nSPS) is 25.8. The van der Waals surface area contributed by atoms with Crippen LogP contribution in [0.1, 0.15) is 24.8 Å². The Bertz CT molecular complexity index is 441. The van der Waals surface area contributed by atoms with Gasteiger partial charge in [0.1, 0.15) is 0 Å². The monoisotopic (exact) mass is 239 g/mol. The molecule has 1 aromatic carbocycles. The summed E-state index contributed by atoms with van der Waals surface area (Å²) in [6, 6.07) is 9.40. The number of rotatable bonds is 3. The Kier molecular flexibility index (Phi) is 3.30. The number of hydrogen-bond acceptors (Lipinski definition) is 3. The lowest BCUT2D eigenvalue weighted by molar-refractivity contribution is 0.577. The van der Waals surface area contributed by atoms with Gasteiger partial charge in [0.25, 0.3) is 0 Å². The second kappa shape index (κ2) is 4.55. The van der Waals surface area contributed by atoms with Crippen LogP contribution in [0.25, 0.3) is 0 Å². The molecular formula is C12H17NO2S. The van der Waals surface area contributed by atoms with Crippen LogP contribution < -0.4 is 5.73 Å². The van der Waals surface area contributed by atoms with Crippen molar-refractivity contribution in [2.45, 2.75) is 36.3 Å². The van der Waals surface area contributed by atoms with E-state index in [0.29, 0.717) is 6.42 Å². The van der Waals surface area contributed by atoms with E-state index in [1.54, 1.807) is 0 Å². The van der Waals surface area contributed by atoms with Crippen LogP contribution in [0.2, 0.25) is 0 Å². The number of hydrogen-bond donors (Lipinski definition) is 1. The van der Waals surface area contributed by atoms with Gasteiger partial charge in [-0.3, -0.25) is 0 Å². The van der Waals surface area contributed by atoms with Gasteiger partial charge in [-0.25, -0.2) is 8.42 Å². The van der Waals surface area contributed by atoms with Gasteiger partial charge in [-0.05, 0) is 24.8 Å². The standard InChI is InChI=1S/C12H17NO2S/c13-11-6-7-12(8-11)16(14,15)9-10-4-2-1-3-5-10/h1-5,11-12H,6-9,13H2. The summed E-state index contributed by atoms with van der Waals surface area (Å²) in [5.74, 6) is 0.144. The highest BCUT2D eigenvalue weighted by molar-refractivity contribution is 7.91. The summed E-state index contributed by atoms with van der Waals surface area (Å²) in [6.07, 6.45) is 2.17. The quantitative estimate of drug-likeness (QED) is 0.869. The van der Waals surface area contributed by atoms with Crippen molar-refractivity contribution in [1.82, 2.24) is 0 Å². The summed E-state index contributed by atoms with van der Waals surface area (Å²) in [5, 5.41) is -0.234. The lowest BCUT2D eigenvalue weighted by Gasteiger charge is -2.11.